The Labute approximate surface area is 174 Å². The summed E-state index contributed by atoms with van der Waals surface area (Å²) < 4.78 is 4.67. The standard InChI is InChI=1S/C27H22N3/c1-14-7-8-21-19(11-14)24-20(28-5)13-18-9-10-29(6)26-22-17(4)15(2)12-16(3)25(22)30(21)27(24)23(18)26/h7-13H,1-4,6H3/q+1. The minimum atomic E-state index is 0.733. The van der Waals surface area contributed by atoms with Crippen LogP contribution in [-0.4, -0.2) is 4.40 Å². The average Bonchev–Trinajstić information content (AvgIpc) is 3.06. The molecule has 0 aliphatic carbocycles. The summed E-state index contributed by atoms with van der Waals surface area (Å²) in [6, 6.07) is 13.1. The Morgan fingerprint density at radius 3 is 2.43 bits per heavy atom. The summed E-state index contributed by atoms with van der Waals surface area (Å²) in [6.07, 6.45) is 2.13. The van der Waals surface area contributed by atoms with Crippen molar-refractivity contribution in [1.29, 1.82) is 0 Å². The summed E-state index contributed by atoms with van der Waals surface area (Å²) in [5.74, 6) is 0. The molecule has 3 nitrogen and oxygen atoms in total. The van der Waals surface area contributed by atoms with Gasteiger partial charge in [0.1, 0.15) is 7.05 Å². The first-order valence-electron chi connectivity index (χ1n) is 10.3. The van der Waals surface area contributed by atoms with E-state index in [9.17, 15) is 0 Å². The van der Waals surface area contributed by atoms with Gasteiger partial charge in [0.15, 0.2) is 11.9 Å². The van der Waals surface area contributed by atoms with Crippen molar-refractivity contribution >= 4 is 54.7 Å². The summed E-state index contributed by atoms with van der Waals surface area (Å²) >= 11 is 0. The molecule has 0 atom stereocenters. The smallest absolute Gasteiger partial charge is 0.224 e. The summed E-state index contributed by atoms with van der Waals surface area (Å²) in [5.41, 5.74) is 10.7. The van der Waals surface area contributed by atoms with Gasteiger partial charge < -0.3 is 4.40 Å². The first-order valence-corrected chi connectivity index (χ1v) is 10.3. The van der Waals surface area contributed by atoms with E-state index in [1.54, 1.807) is 0 Å². The molecule has 3 aromatic heterocycles. The number of aromatic nitrogens is 2. The third kappa shape index (κ3) is 1.87. The molecule has 0 radical (unpaired) electrons. The van der Waals surface area contributed by atoms with Crippen molar-refractivity contribution in [1.82, 2.24) is 4.40 Å². The van der Waals surface area contributed by atoms with Crippen molar-refractivity contribution in [2.24, 2.45) is 7.05 Å². The molecule has 0 spiro atoms. The molecule has 3 heteroatoms. The lowest BCUT2D eigenvalue weighted by Crippen LogP contribution is -2.29. The van der Waals surface area contributed by atoms with Crippen molar-refractivity contribution in [3.8, 4) is 0 Å². The van der Waals surface area contributed by atoms with Crippen LogP contribution in [0.1, 0.15) is 22.3 Å². The van der Waals surface area contributed by atoms with E-state index >= 15 is 0 Å². The van der Waals surface area contributed by atoms with Gasteiger partial charge in [0, 0.05) is 11.5 Å². The molecular formula is C27H22N3+. The van der Waals surface area contributed by atoms with Gasteiger partial charge in [-0.05, 0) is 67.3 Å². The highest BCUT2D eigenvalue weighted by Gasteiger charge is 2.26. The Morgan fingerprint density at radius 2 is 1.67 bits per heavy atom. The van der Waals surface area contributed by atoms with E-state index in [2.05, 4.69) is 91.2 Å². The quantitative estimate of drug-likeness (QED) is 0.120. The summed E-state index contributed by atoms with van der Waals surface area (Å²) in [7, 11) is 2.13. The number of nitrogens with zero attached hydrogens (tertiary/aromatic N) is 3. The highest BCUT2D eigenvalue weighted by atomic mass is 15.0. The molecule has 3 heterocycles. The van der Waals surface area contributed by atoms with E-state index in [-0.39, 0.29) is 0 Å². The second kappa shape index (κ2) is 5.49. The van der Waals surface area contributed by atoms with E-state index in [1.165, 1.54) is 60.5 Å². The predicted molar refractivity (Wildman–Crippen MR) is 125 cm³/mol. The predicted octanol–water partition coefficient (Wildman–Crippen LogP) is 6.60. The van der Waals surface area contributed by atoms with Gasteiger partial charge in [0.25, 0.3) is 0 Å². The molecule has 0 amide bonds. The topological polar surface area (TPSA) is 12.7 Å². The van der Waals surface area contributed by atoms with Crippen molar-refractivity contribution in [3.05, 3.63) is 76.3 Å². The Balaban J connectivity index is 2.18. The molecule has 0 bridgehead atoms. The van der Waals surface area contributed by atoms with E-state index in [4.69, 9.17) is 6.57 Å². The number of aryl methyl sites for hydroxylation is 5. The maximum Gasteiger partial charge on any atom is 0.224 e. The minimum absolute atomic E-state index is 0.733. The van der Waals surface area contributed by atoms with Crippen LogP contribution in [0.15, 0.2) is 42.6 Å². The maximum atomic E-state index is 7.91. The van der Waals surface area contributed by atoms with E-state index in [0.29, 0.717) is 0 Å². The summed E-state index contributed by atoms with van der Waals surface area (Å²) in [5, 5.41) is 5.93. The van der Waals surface area contributed by atoms with Crippen molar-refractivity contribution < 1.29 is 4.57 Å². The fraction of sp³-hybridized carbons (Fsp3) is 0.185. The molecule has 0 N–H and O–H groups in total. The molecule has 0 saturated heterocycles. The number of hydrogen-bond donors (Lipinski definition) is 0. The number of benzene rings is 3. The van der Waals surface area contributed by atoms with Gasteiger partial charge in [-0.15, -0.1) is 0 Å². The highest BCUT2D eigenvalue weighted by Crippen LogP contribution is 2.46. The Morgan fingerprint density at radius 1 is 0.867 bits per heavy atom. The van der Waals surface area contributed by atoms with Crippen LogP contribution in [0.3, 0.4) is 0 Å². The monoisotopic (exact) mass is 388 g/mol. The van der Waals surface area contributed by atoms with Gasteiger partial charge in [-0.25, -0.2) is 9.41 Å². The van der Waals surface area contributed by atoms with Gasteiger partial charge in [-0.3, -0.25) is 0 Å². The lowest BCUT2D eigenvalue weighted by molar-refractivity contribution is -0.643. The van der Waals surface area contributed by atoms with Crippen LogP contribution in [0.4, 0.5) is 5.69 Å². The normalized spacial score (nSPS) is 12.1. The van der Waals surface area contributed by atoms with E-state index < -0.39 is 0 Å². The molecule has 6 rings (SSSR count). The second-order valence-corrected chi connectivity index (χ2v) is 8.69. The van der Waals surface area contributed by atoms with Crippen LogP contribution >= 0.6 is 0 Å². The molecule has 0 fully saturated rings. The van der Waals surface area contributed by atoms with Crippen LogP contribution in [0.5, 0.6) is 0 Å². The molecule has 30 heavy (non-hydrogen) atoms. The number of fused-ring (bicyclic) bond motifs is 6. The van der Waals surface area contributed by atoms with Crippen molar-refractivity contribution in [2.45, 2.75) is 27.7 Å². The Kier molecular flexibility index (Phi) is 3.15. The van der Waals surface area contributed by atoms with Gasteiger partial charge in [-0.2, -0.15) is 0 Å². The highest BCUT2D eigenvalue weighted by molar-refractivity contribution is 6.30. The number of rotatable bonds is 0. The molecule has 6 aromatic rings. The lowest BCUT2D eigenvalue weighted by atomic mass is 9.95. The molecule has 3 aromatic carbocycles. The van der Waals surface area contributed by atoms with Crippen LogP contribution in [0.2, 0.25) is 0 Å². The van der Waals surface area contributed by atoms with Crippen LogP contribution in [0.25, 0.3) is 53.8 Å². The first-order chi connectivity index (χ1) is 14.4. The van der Waals surface area contributed by atoms with Gasteiger partial charge in [-0.1, -0.05) is 23.8 Å². The zero-order valence-electron chi connectivity index (χ0n) is 17.9. The largest absolute Gasteiger partial charge is 0.309 e. The Hall–Kier alpha value is -3.64. The fourth-order valence-corrected chi connectivity index (χ4v) is 5.43. The van der Waals surface area contributed by atoms with E-state index in [0.717, 1.165) is 16.5 Å². The molecule has 0 unspecified atom stereocenters. The van der Waals surface area contributed by atoms with E-state index in [1.807, 2.05) is 0 Å². The zero-order valence-corrected chi connectivity index (χ0v) is 17.9. The van der Waals surface area contributed by atoms with Crippen molar-refractivity contribution in [2.75, 3.05) is 0 Å². The third-order valence-electron chi connectivity index (χ3n) is 6.85. The molecule has 0 saturated carbocycles. The summed E-state index contributed by atoms with van der Waals surface area (Å²) in [6.45, 7) is 16.7. The average molecular weight is 388 g/mol. The van der Waals surface area contributed by atoms with Crippen molar-refractivity contribution in [3.63, 3.8) is 0 Å². The number of hydrogen-bond acceptors (Lipinski definition) is 0. The Bertz CT molecular complexity index is 1740. The molecule has 144 valence electrons. The van der Waals surface area contributed by atoms with Crippen LogP contribution in [0, 0.1) is 34.3 Å². The van der Waals surface area contributed by atoms with Gasteiger partial charge >= 0.3 is 0 Å². The fourth-order valence-electron chi connectivity index (χ4n) is 5.43. The molecule has 0 aliphatic rings. The second-order valence-electron chi connectivity index (χ2n) is 8.69. The minimum Gasteiger partial charge on any atom is -0.309 e. The summed E-state index contributed by atoms with van der Waals surface area (Å²) in [4.78, 5) is 3.96. The van der Waals surface area contributed by atoms with Gasteiger partial charge in [0.05, 0.1) is 33.9 Å². The maximum absolute atomic E-state index is 7.91. The number of pyridine rings is 2. The van der Waals surface area contributed by atoms with Crippen LogP contribution in [-0.2, 0) is 7.05 Å². The third-order valence-corrected chi connectivity index (χ3v) is 6.85. The molecular weight excluding hydrogens is 366 g/mol. The SMILES string of the molecule is [C-]#[N+]c1cc2cc[n+](C)c3c4c(C)c(C)cc(C)c4n4c5ccc(C)cc5c1c4c23. The molecule has 0 aliphatic heterocycles. The van der Waals surface area contributed by atoms with Gasteiger partial charge in [0.2, 0.25) is 5.52 Å². The lowest BCUT2D eigenvalue weighted by Gasteiger charge is -2.16. The van der Waals surface area contributed by atoms with Crippen LogP contribution < -0.4 is 4.57 Å². The zero-order chi connectivity index (χ0) is 20.9. The first kappa shape index (κ1) is 17.2.